The number of aryl methyl sites for hydroxylation is 1. The minimum Gasteiger partial charge on any atom is -0.379 e. The Balaban J connectivity index is 1.59. The molecule has 2 aromatic carbocycles. The van der Waals surface area contributed by atoms with Crippen molar-refractivity contribution < 1.29 is 0 Å². The number of nitrogens with one attached hydrogen (secondary N) is 1. The minimum atomic E-state index is 0.714. The molecule has 3 nitrogen and oxygen atoms in total. The lowest BCUT2D eigenvalue weighted by Crippen LogP contribution is -2.12. The van der Waals surface area contributed by atoms with Gasteiger partial charge in [0.25, 0.3) is 0 Å². The monoisotopic (exact) mass is 435 g/mol. The van der Waals surface area contributed by atoms with Gasteiger partial charge >= 0.3 is 0 Å². The summed E-state index contributed by atoms with van der Waals surface area (Å²) in [5.41, 5.74) is 4.66. The Hall–Kier alpha value is -2.56. The summed E-state index contributed by atoms with van der Waals surface area (Å²) in [6, 6.07) is 20.8. The topological polar surface area (TPSA) is 29.9 Å². The van der Waals surface area contributed by atoms with Crippen molar-refractivity contribution >= 4 is 28.6 Å². The highest BCUT2D eigenvalue weighted by atomic mass is 35.5. The van der Waals surface area contributed by atoms with Gasteiger partial charge in [-0.05, 0) is 35.6 Å². The standard InChI is InChI=1S/C25H26ClN3S/c1-2-3-14-25-28-17-20(29(25)18-19-9-4-6-11-22(19)26)16-27-23-12-7-5-10-21(23)24-13-8-15-30-24/h4-13,15,17,27H,2-3,14,16,18H2,1H3. The largest absolute Gasteiger partial charge is 0.379 e. The highest BCUT2D eigenvalue weighted by Gasteiger charge is 2.13. The first-order chi connectivity index (χ1) is 14.8. The molecule has 0 fully saturated rings. The summed E-state index contributed by atoms with van der Waals surface area (Å²) in [7, 11) is 0. The summed E-state index contributed by atoms with van der Waals surface area (Å²) >= 11 is 8.21. The van der Waals surface area contributed by atoms with Crippen LogP contribution in [0.4, 0.5) is 5.69 Å². The number of aromatic nitrogens is 2. The van der Waals surface area contributed by atoms with E-state index < -0.39 is 0 Å². The number of hydrogen-bond donors (Lipinski definition) is 1. The van der Waals surface area contributed by atoms with Crippen molar-refractivity contribution in [3.63, 3.8) is 0 Å². The molecule has 0 spiro atoms. The average Bonchev–Trinajstić information content (AvgIpc) is 3.43. The fraction of sp³-hybridized carbons (Fsp3) is 0.240. The van der Waals surface area contributed by atoms with E-state index in [0.29, 0.717) is 6.54 Å². The Kier molecular flexibility index (Phi) is 6.88. The van der Waals surface area contributed by atoms with E-state index in [-0.39, 0.29) is 0 Å². The van der Waals surface area contributed by atoms with Crippen LogP contribution in [0.15, 0.2) is 72.2 Å². The van der Waals surface area contributed by atoms with Crippen LogP contribution in [0, 0.1) is 0 Å². The maximum Gasteiger partial charge on any atom is 0.109 e. The van der Waals surface area contributed by atoms with Gasteiger partial charge < -0.3 is 9.88 Å². The van der Waals surface area contributed by atoms with Crippen molar-refractivity contribution in [2.75, 3.05) is 5.32 Å². The van der Waals surface area contributed by atoms with Crippen molar-refractivity contribution in [3.05, 3.63) is 94.3 Å². The van der Waals surface area contributed by atoms with Gasteiger partial charge in [-0.1, -0.05) is 67.4 Å². The Morgan fingerprint density at radius 1 is 1.03 bits per heavy atom. The second kappa shape index (κ2) is 9.96. The number of imidazole rings is 1. The zero-order valence-electron chi connectivity index (χ0n) is 17.1. The summed E-state index contributed by atoms with van der Waals surface area (Å²) in [4.78, 5) is 6.02. The summed E-state index contributed by atoms with van der Waals surface area (Å²) in [6.07, 6.45) is 5.27. The van der Waals surface area contributed by atoms with Gasteiger partial charge in [-0.3, -0.25) is 0 Å². The number of benzene rings is 2. The lowest BCUT2D eigenvalue weighted by Gasteiger charge is -2.15. The molecule has 0 atom stereocenters. The Morgan fingerprint density at radius 3 is 2.67 bits per heavy atom. The van der Waals surface area contributed by atoms with E-state index in [0.717, 1.165) is 47.9 Å². The molecule has 2 heterocycles. The third kappa shape index (κ3) is 4.77. The molecule has 5 heteroatoms. The fourth-order valence-electron chi connectivity index (χ4n) is 3.59. The van der Waals surface area contributed by atoms with Crippen molar-refractivity contribution in [2.24, 2.45) is 0 Å². The molecule has 2 aromatic heterocycles. The van der Waals surface area contributed by atoms with Crippen LogP contribution in [-0.4, -0.2) is 9.55 Å². The van der Waals surface area contributed by atoms with E-state index in [1.54, 1.807) is 11.3 Å². The van der Waals surface area contributed by atoms with Crippen molar-refractivity contribution in [3.8, 4) is 10.4 Å². The van der Waals surface area contributed by atoms with Crippen LogP contribution in [0.25, 0.3) is 10.4 Å². The zero-order valence-corrected chi connectivity index (χ0v) is 18.7. The lowest BCUT2D eigenvalue weighted by molar-refractivity contribution is 0.659. The van der Waals surface area contributed by atoms with Crippen LogP contribution in [0.2, 0.25) is 5.02 Å². The van der Waals surface area contributed by atoms with Gasteiger partial charge in [0.05, 0.1) is 25.0 Å². The summed E-state index contributed by atoms with van der Waals surface area (Å²) in [5.74, 6) is 1.13. The molecule has 4 aromatic rings. The molecular formula is C25H26ClN3S. The first-order valence-corrected chi connectivity index (χ1v) is 11.7. The number of para-hydroxylation sites is 1. The maximum absolute atomic E-state index is 6.45. The SMILES string of the molecule is CCCCc1ncc(CNc2ccccc2-c2cccs2)n1Cc1ccccc1Cl. The minimum absolute atomic E-state index is 0.714. The Bertz CT molecular complexity index is 1090. The third-order valence-electron chi connectivity index (χ3n) is 5.23. The predicted octanol–water partition coefficient (Wildman–Crippen LogP) is 7.27. The van der Waals surface area contributed by atoms with Gasteiger partial charge in [0.1, 0.15) is 5.82 Å². The van der Waals surface area contributed by atoms with Crippen LogP contribution < -0.4 is 5.32 Å². The Morgan fingerprint density at radius 2 is 1.87 bits per heavy atom. The first-order valence-electron chi connectivity index (χ1n) is 10.4. The van der Waals surface area contributed by atoms with Crippen LogP contribution in [0.5, 0.6) is 0 Å². The zero-order chi connectivity index (χ0) is 20.8. The number of unbranched alkanes of at least 4 members (excludes halogenated alkanes) is 1. The van der Waals surface area contributed by atoms with E-state index in [4.69, 9.17) is 16.6 Å². The molecule has 0 aliphatic carbocycles. The van der Waals surface area contributed by atoms with Crippen molar-refractivity contribution in [1.29, 1.82) is 0 Å². The molecule has 0 aliphatic rings. The highest BCUT2D eigenvalue weighted by Crippen LogP contribution is 2.31. The average molecular weight is 436 g/mol. The summed E-state index contributed by atoms with van der Waals surface area (Å²) in [5, 5.41) is 6.56. The van der Waals surface area contributed by atoms with E-state index in [9.17, 15) is 0 Å². The molecular weight excluding hydrogens is 410 g/mol. The highest BCUT2D eigenvalue weighted by molar-refractivity contribution is 7.13. The van der Waals surface area contributed by atoms with E-state index >= 15 is 0 Å². The molecule has 0 saturated heterocycles. The fourth-order valence-corrected chi connectivity index (χ4v) is 4.55. The van der Waals surface area contributed by atoms with Crippen LogP contribution >= 0.6 is 22.9 Å². The van der Waals surface area contributed by atoms with Crippen molar-refractivity contribution in [1.82, 2.24) is 9.55 Å². The van der Waals surface area contributed by atoms with Gasteiger partial charge in [-0.2, -0.15) is 0 Å². The first kappa shape index (κ1) is 20.7. The molecule has 30 heavy (non-hydrogen) atoms. The van der Waals surface area contributed by atoms with E-state index in [1.807, 2.05) is 24.4 Å². The number of hydrogen-bond acceptors (Lipinski definition) is 3. The van der Waals surface area contributed by atoms with E-state index in [1.165, 1.54) is 16.1 Å². The number of nitrogens with zero attached hydrogens (tertiary/aromatic N) is 2. The van der Waals surface area contributed by atoms with Gasteiger partial charge in [0.15, 0.2) is 0 Å². The molecule has 0 bridgehead atoms. The number of thiophene rings is 1. The normalized spacial score (nSPS) is 11.0. The molecule has 154 valence electrons. The quantitative estimate of drug-likeness (QED) is 0.299. The number of rotatable bonds is 9. The van der Waals surface area contributed by atoms with Gasteiger partial charge in [0, 0.05) is 27.6 Å². The van der Waals surface area contributed by atoms with Crippen molar-refractivity contribution in [2.45, 2.75) is 39.3 Å². The molecule has 0 saturated carbocycles. The third-order valence-corrected chi connectivity index (χ3v) is 6.51. The lowest BCUT2D eigenvalue weighted by atomic mass is 10.1. The Labute approximate surface area is 187 Å². The predicted molar refractivity (Wildman–Crippen MR) is 128 cm³/mol. The molecule has 4 rings (SSSR count). The van der Waals surface area contributed by atoms with Crippen LogP contribution in [-0.2, 0) is 19.5 Å². The van der Waals surface area contributed by atoms with Crippen LogP contribution in [0.1, 0.15) is 36.8 Å². The molecule has 0 radical (unpaired) electrons. The maximum atomic E-state index is 6.45. The summed E-state index contributed by atoms with van der Waals surface area (Å²) in [6.45, 7) is 3.67. The molecule has 0 aliphatic heterocycles. The molecule has 0 unspecified atom stereocenters. The molecule has 0 amide bonds. The number of halogens is 1. The smallest absolute Gasteiger partial charge is 0.109 e. The van der Waals surface area contributed by atoms with Gasteiger partial charge in [0.2, 0.25) is 0 Å². The van der Waals surface area contributed by atoms with Gasteiger partial charge in [-0.15, -0.1) is 11.3 Å². The number of anilines is 1. The summed E-state index contributed by atoms with van der Waals surface area (Å²) < 4.78 is 2.32. The second-order valence-corrected chi connectivity index (χ2v) is 8.68. The second-order valence-electron chi connectivity index (χ2n) is 7.32. The van der Waals surface area contributed by atoms with Gasteiger partial charge in [-0.25, -0.2) is 4.98 Å². The van der Waals surface area contributed by atoms with E-state index in [2.05, 4.69) is 64.7 Å². The molecule has 1 N–H and O–H groups in total. The van der Waals surface area contributed by atoms with Crippen LogP contribution in [0.3, 0.4) is 0 Å².